The van der Waals surface area contributed by atoms with Gasteiger partial charge in [-0.3, -0.25) is 10.2 Å². The SMILES string of the molecule is CCOc1ccc(C=C2SC(=N)NC2=O)cc1. The average molecular weight is 248 g/mol. The molecule has 88 valence electrons. The maximum atomic E-state index is 11.4. The summed E-state index contributed by atoms with van der Waals surface area (Å²) in [7, 11) is 0. The number of nitrogens with one attached hydrogen (secondary N) is 2. The second kappa shape index (κ2) is 5.05. The van der Waals surface area contributed by atoms with Gasteiger partial charge in [-0.15, -0.1) is 0 Å². The van der Waals surface area contributed by atoms with Crippen LogP contribution >= 0.6 is 11.8 Å². The number of carbonyl (C=O) groups is 1. The van der Waals surface area contributed by atoms with Crippen molar-refractivity contribution in [3.05, 3.63) is 34.7 Å². The smallest absolute Gasteiger partial charge is 0.264 e. The number of ether oxygens (including phenoxy) is 1. The van der Waals surface area contributed by atoms with E-state index in [1.165, 1.54) is 0 Å². The summed E-state index contributed by atoms with van der Waals surface area (Å²) in [4.78, 5) is 11.9. The molecule has 0 unspecified atom stereocenters. The first-order chi connectivity index (χ1) is 8.19. The Labute approximate surface area is 104 Å². The summed E-state index contributed by atoms with van der Waals surface area (Å²) in [5, 5.41) is 9.94. The molecule has 1 aliphatic heterocycles. The number of carbonyl (C=O) groups excluding carboxylic acids is 1. The van der Waals surface area contributed by atoms with Crippen molar-refractivity contribution in [2.75, 3.05) is 6.61 Å². The molecule has 4 nitrogen and oxygen atoms in total. The van der Waals surface area contributed by atoms with Gasteiger partial charge in [0.25, 0.3) is 5.91 Å². The summed E-state index contributed by atoms with van der Waals surface area (Å²) in [5.41, 5.74) is 0.917. The number of thioether (sulfide) groups is 1. The minimum atomic E-state index is -0.214. The Hall–Kier alpha value is -1.75. The fraction of sp³-hybridized carbons (Fsp3) is 0.167. The summed E-state index contributed by atoms with van der Waals surface area (Å²) in [6, 6.07) is 7.49. The van der Waals surface area contributed by atoms with Crippen molar-refractivity contribution in [2.45, 2.75) is 6.92 Å². The molecule has 0 bridgehead atoms. The third kappa shape index (κ3) is 2.88. The van der Waals surface area contributed by atoms with Crippen LogP contribution in [0.4, 0.5) is 0 Å². The standard InChI is InChI=1S/C12H12N2O2S/c1-2-16-9-5-3-8(4-6-9)7-10-11(15)14-12(13)17-10/h3-7H,2H2,1H3,(H2,13,14,15). The maximum absolute atomic E-state index is 11.4. The molecule has 5 heteroatoms. The van der Waals surface area contributed by atoms with Crippen molar-refractivity contribution >= 4 is 28.9 Å². The first kappa shape index (κ1) is 11.7. The molecule has 0 atom stereocenters. The molecule has 0 saturated carbocycles. The van der Waals surface area contributed by atoms with E-state index in [2.05, 4.69) is 5.32 Å². The largest absolute Gasteiger partial charge is 0.494 e. The lowest BCUT2D eigenvalue weighted by atomic mass is 10.2. The van der Waals surface area contributed by atoms with E-state index in [-0.39, 0.29) is 11.1 Å². The van der Waals surface area contributed by atoms with E-state index in [1.807, 2.05) is 31.2 Å². The van der Waals surface area contributed by atoms with Gasteiger partial charge >= 0.3 is 0 Å². The molecule has 2 rings (SSSR count). The average Bonchev–Trinajstić information content (AvgIpc) is 2.61. The van der Waals surface area contributed by atoms with E-state index in [1.54, 1.807) is 6.08 Å². The van der Waals surface area contributed by atoms with Crippen LogP contribution in [0.5, 0.6) is 5.75 Å². The number of amides is 1. The lowest BCUT2D eigenvalue weighted by molar-refractivity contribution is -0.115. The Morgan fingerprint density at radius 1 is 1.41 bits per heavy atom. The molecule has 1 aliphatic rings. The fourth-order valence-corrected chi connectivity index (χ4v) is 2.12. The summed E-state index contributed by atoms with van der Waals surface area (Å²) < 4.78 is 5.33. The van der Waals surface area contributed by atoms with Gasteiger partial charge in [0.15, 0.2) is 5.17 Å². The van der Waals surface area contributed by atoms with Crippen LogP contribution in [0.15, 0.2) is 29.2 Å². The van der Waals surface area contributed by atoms with Crippen LogP contribution in [0.1, 0.15) is 12.5 Å². The molecule has 1 aromatic rings. The van der Waals surface area contributed by atoms with E-state index >= 15 is 0 Å². The van der Waals surface area contributed by atoms with Crippen molar-refractivity contribution in [1.82, 2.24) is 5.32 Å². The molecule has 1 aromatic carbocycles. The van der Waals surface area contributed by atoms with E-state index in [0.29, 0.717) is 11.5 Å². The zero-order valence-corrected chi connectivity index (χ0v) is 10.1. The molecule has 1 heterocycles. The Balaban J connectivity index is 2.16. The summed E-state index contributed by atoms with van der Waals surface area (Å²) in [6.45, 7) is 2.57. The van der Waals surface area contributed by atoms with Crippen LogP contribution < -0.4 is 10.1 Å². The highest BCUT2D eigenvalue weighted by molar-refractivity contribution is 8.18. The molecule has 17 heavy (non-hydrogen) atoms. The highest BCUT2D eigenvalue weighted by Gasteiger charge is 2.21. The van der Waals surface area contributed by atoms with Gasteiger partial charge in [-0.2, -0.15) is 0 Å². The summed E-state index contributed by atoms with van der Waals surface area (Å²) in [5.74, 6) is 0.597. The topological polar surface area (TPSA) is 62.2 Å². The van der Waals surface area contributed by atoms with Gasteiger partial charge in [-0.25, -0.2) is 0 Å². The third-order valence-electron chi connectivity index (χ3n) is 2.15. The van der Waals surface area contributed by atoms with Crippen LogP contribution in [0.25, 0.3) is 6.08 Å². The van der Waals surface area contributed by atoms with Crippen molar-refractivity contribution in [2.24, 2.45) is 0 Å². The van der Waals surface area contributed by atoms with Gasteiger partial charge in [0, 0.05) is 0 Å². The van der Waals surface area contributed by atoms with Gasteiger partial charge in [-0.05, 0) is 42.5 Å². The zero-order valence-electron chi connectivity index (χ0n) is 9.32. The van der Waals surface area contributed by atoms with E-state index < -0.39 is 0 Å². The Morgan fingerprint density at radius 3 is 2.65 bits per heavy atom. The molecule has 0 radical (unpaired) electrons. The number of hydrogen-bond donors (Lipinski definition) is 2. The number of rotatable bonds is 3. The van der Waals surface area contributed by atoms with Crippen LogP contribution in [-0.2, 0) is 4.79 Å². The molecule has 1 saturated heterocycles. The van der Waals surface area contributed by atoms with Crippen LogP contribution in [0.2, 0.25) is 0 Å². The van der Waals surface area contributed by atoms with Crippen molar-refractivity contribution in [3.63, 3.8) is 0 Å². The minimum Gasteiger partial charge on any atom is -0.494 e. The van der Waals surface area contributed by atoms with E-state index in [9.17, 15) is 4.79 Å². The Bertz CT molecular complexity index is 480. The van der Waals surface area contributed by atoms with Gasteiger partial charge in [0.1, 0.15) is 5.75 Å². The second-order valence-electron chi connectivity index (χ2n) is 3.40. The highest BCUT2D eigenvalue weighted by Crippen LogP contribution is 2.25. The van der Waals surface area contributed by atoms with Crippen LogP contribution in [0.3, 0.4) is 0 Å². The lowest BCUT2D eigenvalue weighted by Gasteiger charge is -2.02. The first-order valence-electron chi connectivity index (χ1n) is 5.21. The Morgan fingerprint density at radius 2 is 2.12 bits per heavy atom. The maximum Gasteiger partial charge on any atom is 0.264 e. The molecular weight excluding hydrogens is 236 g/mol. The number of amidine groups is 1. The summed E-state index contributed by atoms with van der Waals surface area (Å²) in [6.07, 6.45) is 1.76. The van der Waals surface area contributed by atoms with E-state index in [0.717, 1.165) is 23.1 Å². The van der Waals surface area contributed by atoms with Crippen molar-refractivity contribution in [3.8, 4) is 5.75 Å². The quantitative estimate of drug-likeness (QED) is 0.806. The molecule has 0 aromatic heterocycles. The molecular formula is C12H12N2O2S. The van der Waals surface area contributed by atoms with Gasteiger partial charge in [0.2, 0.25) is 0 Å². The van der Waals surface area contributed by atoms with Gasteiger partial charge < -0.3 is 10.1 Å². The monoisotopic (exact) mass is 248 g/mol. The molecule has 1 fully saturated rings. The zero-order chi connectivity index (χ0) is 12.3. The van der Waals surface area contributed by atoms with E-state index in [4.69, 9.17) is 10.1 Å². The highest BCUT2D eigenvalue weighted by atomic mass is 32.2. The summed E-state index contributed by atoms with van der Waals surface area (Å²) >= 11 is 1.14. The molecule has 0 spiro atoms. The van der Waals surface area contributed by atoms with Crippen LogP contribution in [-0.4, -0.2) is 17.7 Å². The van der Waals surface area contributed by atoms with Crippen molar-refractivity contribution in [1.29, 1.82) is 5.41 Å². The predicted octanol–water partition coefficient (Wildman–Crippen LogP) is 2.22. The third-order valence-corrected chi connectivity index (χ3v) is 2.98. The fourth-order valence-electron chi connectivity index (χ4n) is 1.42. The van der Waals surface area contributed by atoms with Crippen LogP contribution in [0, 0.1) is 5.41 Å². The van der Waals surface area contributed by atoms with Gasteiger partial charge in [0.05, 0.1) is 11.5 Å². The molecule has 0 aliphatic carbocycles. The molecule has 2 N–H and O–H groups in total. The van der Waals surface area contributed by atoms with Crippen molar-refractivity contribution < 1.29 is 9.53 Å². The Kier molecular flexibility index (Phi) is 3.49. The second-order valence-corrected chi connectivity index (χ2v) is 4.45. The normalized spacial score (nSPS) is 17.4. The lowest BCUT2D eigenvalue weighted by Crippen LogP contribution is -2.18. The number of hydrogen-bond acceptors (Lipinski definition) is 4. The molecule has 1 amide bonds. The minimum absolute atomic E-state index is 0.173. The number of benzene rings is 1. The first-order valence-corrected chi connectivity index (χ1v) is 6.03. The van der Waals surface area contributed by atoms with Gasteiger partial charge in [-0.1, -0.05) is 12.1 Å². The predicted molar refractivity (Wildman–Crippen MR) is 69.0 cm³/mol.